The second kappa shape index (κ2) is 13.6. The van der Waals surface area contributed by atoms with Gasteiger partial charge in [0.2, 0.25) is 0 Å². The molecule has 0 spiro atoms. The van der Waals surface area contributed by atoms with Crippen LogP contribution >= 0.6 is 0 Å². The zero-order valence-electron chi connectivity index (χ0n) is 33.3. The van der Waals surface area contributed by atoms with Crippen LogP contribution < -0.4 is 0 Å². The molecule has 5 nitrogen and oxygen atoms in total. The second-order valence-corrected chi connectivity index (χ2v) is 16.0. The van der Waals surface area contributed by atoms with Gasteiger partial charge in [-0.15, -0.1) is 0 Å². The highest BCUT2D eigenvalue weighted by Gasteiger charge is 2.21. The molecule has 288 valence electrons. The highest BCUT2D eigenvalue weighted by Crippen LogP contribution is 2.43. The lowest BCUT2D eigenvalue weighted by Gasteiger charge is -2.15. The molecule has 0 N–H and O–H groups in total. The van der Waals surface area contributed by atoms with Crippen LogP contribution in [0, 0.1) is 0 Å². The Balaban J connectivity index is 1.08. The Morgan fingerprint density at radius 2 is 0.871 bits per heavy atom. The summed E-state index contributed by atoms with van der Waals surface area (Å²) in [5.74, 6) is 1.83. The molecule has 0 aliphatic rings. The minimum atomic E-state index is 0.600. The number of fused-ring (bicyclic) bond motifs is 10. The average Bonchev–Trinajstić information content (AvgIpc) is 3.88. The highest BCUT2D eigenvalue weighted by atomic mass is 16.3. The number of para-hydroxylation sites is 2. The van der Waals surface area contributed by atoms with E-state index in [4.69, 9.17) is 19.4 Å². The lowest BCUT2D eigenvalue weighted by Crippen LogP contribution is -2.01. The standard InChI is InChI=1S/C57H34N4O/c1-2-12-35(13-3-1)37-22-25-38(26-23-37)55-58-56(42-27-24-36-14-4-5-15-39(36)30-42)60-57(59-55)43-28-29-45-48(32-43)51(34-53-54(45)46-19-9-11-21-52(46)62-53)61-49-20-10-8-18-44(49)47-31-40-16-6-7-17-41(40)33-50(47)61/h1-34H. The molecule has 5 heteroatoms. The van der Waals surface area contributed by atoms with Crippen LogP contribution in [0.5, 0.6) is 0 Å². The van der Waals surface area contributed by atoms with Crippen LogP contribution in [-0.4, -0.2) is 19.5 Å². The van der Waals surface area contributed by atoms with Crippen molar-refractivity contribution in [2.75, 3.05) is 0 Å². The van der Waals surface area contributed by atoms with E-state index in [0.717, 1.165) is 82.6 Å². The van der Waals surface area contributed by atoms with E-state index in [0.29, 0.717) is 17.5 Å². The number of rotatable bonds is 5. The molecule has 3 heterocycles. The molecular formula is C57H34N4O. The molecule has 0 bridgehead atoms. The molecule has 13 rings (SSSR count). The molecule has 10 aromatic carbocycles. The van der Waals surface area contributed by atoms with E-state index in [2.05, 4.69) is 199 Å². The van der Waals surface area contributed by atoms with Gasteiger partial charge in [0.25, 0.3) is 0 Å². The van der Waals surface area contributed by atoms with Crippen molar-refractivity contribution in [1.82, 2.24) is 19.5 Å². The molecular weight excluding hydrogens is 757 g/mol. The summed E-state index contributed by atoms with van der Waals surface area (Å²) in [5.41, 5.74) is 10.0. The minimum absolute atomic E-state index is 0.600. The van der Waals surface area contributed by atoms with E-state index >= 15 is 0 Å². The summed E-state index contributed by atoms with van der Waals surface area (Å²) < 4.78 is 9.06. The number of benzene rings is 10. The molecule has 0 aliphatic heterocycles. The molecule has 62 heavy (non-hydrogen) atoms. The number of aromatic nitrogens is 4. The zero-order valence-corrected chi connectivity index (χ0v) is 33.3. The highest BCUT2D eigenvalue weighted by molar-refractivity contribution is 6.22. The van der Waals surface area contributed by atoms with Gasteiger partial charge in [-0.1, -0.05) is 164 Å². The maximum atomic E-state index is 6.66. The lowest BCUT2D eigenvalue weighted by atomic mass is 9.99. The van der Waals surface area contributed by atoms with Gasteiger partial charge in [0.1, 0.15) is 11.2 Å². The fourth-order valence-electron chi connectivity index (χ4n) is 9.39. The maximum absolute atomic E-state index is 6.66. The normalized spacial score (nSPS) is 11.9. The summed E-state index contributed by atoms with van der Waals surface area (Å²) in [7, 11) is 0. The molecule has 0 amide bonds. The van der Waals surface area contributed by atoms with E-state index in [-0.39, 0.29) is 0 Å². The van der Waals surface area contributed by atoms with Crippen molar-refractivity contribution >= 4 is 76.1 Å². The minimum Gasteiger partial charge on any atom is -0.456 e. The Kier molecular flexibility index (Phi) is 7.54. The molecule has 0 saturated carbocycles. The van der Waals surface area contributed by atoms with Crippen LogP contribution in [0.15, 0.2) is 211 Å². The fraction of sp³-hybridized carbons (Fsp3) is 0. The second-order valence-electron chi connectivity index (χ2n) is 16.0. The van der Waals surface area contributed by atoms with Gasteiger partial charge < -0.3 is 8.98 Å². The molecule has 0 atom stereocenters. The third-order valence-corrected chi connectivity index (χ3v) is 12.4. The van der Waals surface area contributed by atoms with Gasteiger partial charge in [-0.3, -0.25) is 0 Å². The fourth-order valence-corrected chi connectivity index (χ4v) is 9.39. The van der Waals surface area contributed by atoms with Crippen LogP contribution in [0.2, 0.25) is 0 Å². The molecule has 0 unspecified atom stereocenters. The van der Waals surface area contributed by atoms with E-state index in [9.17, 15) is 0 Å². The van der Waals surface area contributed by atoms with Gasteiger partial charge in [-0.05, 0) is 74.5 Å². The van der Waals surface area contributed by atoms with Gasteiger partial charge >= 0.3 is 0 Å². The molecule has 0 radical (unpaired) electrons. The summed E-state index contributed by atoms with van der Waals surface area (Å²) in [4.78, 5) is 15.7. The summed E-state index contributed by atoms with van der Waals surface area (Å²) in [6, 6.07) is 72.8. The first kappa shape index (κ1) is 34.5. The summed E-state index contributed by atoms with van der Waals surface area (Å²) >= 11 is 0. The number of hydrogen-bond donors (Lipinski definition) is 0. The van der Waals surface area contributed by atoms with Crippen LogP contribution in [0.4, 0.5) is 0 Å². The van der Waals surface area contributed by atoms with Crippen LogP contribution in [0.1, 0.15) is 0 Å². The SMILES string of the molecule is c1ccc(-c2ccc(-c3nc(-c4ccc5ccccc5c4)nc(-c4ccc5c(c4)c(-n4c6ccccc6c6cc7ccccc7cc64)cc4oc6ccccc6c45)n3)cc2)cc1. The first-order valence-corrected chi connectivity index (χ1v) is 20.9. The van der Waals surface area contributed by atoms with Gasteiger partial charge in [0, 0.05) is 49.7 Å². The van der Waals surface area contributed by atoms with Crippen molar-refractivity contribution < 1.29 is 4.42 Å². The zero-order chi connectivity index (χ0) is 40.7. The van der Waals surface area contributed by atoms with E-state index in [1.165, 1.54) is 26.9 Å². The van der Waals surface area contributed by atoms with E-state index in [1.807, 2.05) is 12.1 Å². The summed E-state index contributed by atoms with van der Waals surface area (Å²) in [6.07, 6.45) is 0. The first-order valence-electron chi connectivity index (χ1n) is 20.9. The largest absolute Gasteiger partial charge is 0.456 e. The molecule has 13 aromatic rings. The predicted molar refractivity (Wildman–Crippen MR) is 256 cm³/mol. The summed E-state index contributed by atoms with van der Waals surface area (Å²) in [5, 5.41) is 11.4. The number of nitrogens with zero attached hydrogens (tertiary/aromatic N) is 4. The first-order chi connectivity index (χ1) is 30.7. The van der Waals surface area contributed by atoms with Crippen LogP contribution in [0.3, 0.4) is 0 Å². The molecule has 0 fully saturated rings. The third-order valence-electron chi connectivity index (χ3n) is 12.4. The lowest BCUT2D eigenvalue weighted by molar-refractivity contribution is 0.669. The Morgan fingerprint density at radius 3 is 1.66 bits per heavy atom. The topological polar surface area (TPSA) is 56.7 Å². The summed E-state index contributed by atoms with van der Waals surface area (Å²) in [6.45, 7) is 0. The Bertz CT molecular complexity index is 3920. The van der Waals surface area contributed by atoms with E-state index in [1.54, 1.807) is 0 Å². The van der Waals surface area contributed by atoms with Crippen molar-refractivity contribution in [2.24, 2.45) is 0 Å². The third kappa shape index (κ3) is 5.45. The molecule has 3 aromatic heterocycles. The van der Waals surface area contributed by atoms with Crippen LogP contribution in [0.25, 0.3) is 127 Å². The molecule has 0 saturated heterocycles. The monoisotopic (exact) mass is 790 g/mol. The van der Waals surface area contributed by atoms with Crippen molar-refractivity contribution in [3.05, 3.63) is 206 Å². The quantitative estimate of drug-likeness (QED) is 0.174. The smallest absolute Gasteiger partial charge is 0.164 e. The van der Waals surface area contributed by atoms with E-state index < -0.39 is 0 Å². The predicted octanol–water partition coefficient (Wildman–Crippen LogP) is 15.0. The van der Waals surface area contributed by atoms with Gasteiger partial charge in [0.05, 0.1) is 16.7 Å². The Hall–Kier alpha value is -8.41. The van der Waals surface area contributed by atoms with Gasteiger partial charge in [0.15, 0.2) is 17.5 Å². The number of furan rings is 1. The molecule has 0 aliphatic carbocycles. The Labute approximate surface area is 355 Å². The maximum Gasteiger partial charge on any atom is 0.164 e. The number of hydrogen-bond acceptors (Lipinski definition) is 4. The van der Waals surface area contributed by atoms with Crippen molar-refractivity contribution in [1.29, 1.82) is 0 Å². The van der Waals surface area contributed by atoms with Crippen molar-refractivity contribution in [2.45, 2.75) is 0 Å². The van der Waals surface area contributed by atoms with Crippen LogP contribution in [-0.2, 0) is 0 Å². The van der Waals surface area contributed by atoms with Crippen molar-refractivity contribution in [3.8, 4) is 51.0 Å². The van der Waals surface area contributed by atoms with Crippen molar-refractivity contribution in [3.63, 3.8) is 0 Å². The van der Waals surface area contributed by atoms with Gasteiger partial charge in [-0.25, -0.2) is 15.0 Å². The van der Waals surface area contributed by atoms with Gasteiger partial charge in [-0.2, -0.15) is 0 Å². The Morgan fingerprint density at radius 1 is 0.306 bits per heavy atom. The average molecular weight is 791 g/mol.